The highest BCUT2D eigenvalue weighted by molar-refractivity contribution is 6.27. The predicted octanol–water partition coefficient (Wildman–Crippen LogP) is 0.917. The van der Waals surface area contributed by atoms with Gasteiger partial charge in [0.2, 0.25) is 5.91 Å². The first-order valence-electron chi connectivity index (χ1n) is 2.74. The standard InChI is InChI=1S/C6H10ClNO/c1-2-3-4-8-6(9)5-7/h2H,1,3-5H2,(H,8,9). The van der Waals surface area contributed by atoms with E-state index in [9.17, 15) is 4.79 Å². The fourth-order valence-corrected chi connectivity index (χ4v) is 0.455. The summed E-state index contributed by atoms with van der Waals surface area (Å²) in [7, 11) is 0. The number of rotatable bonds is 4. The Morgan fingerprint density at radius 2 is 2.44 bits per heavy atom. The van der Waals surface area contributed by atoms with Crippen molar-refractivity contribution in [2.24, 2.45) is 0 Å². The second-order valence-electron chi connectivity index (χ2n) is 1.56. The highest BCUT2D eigenvalue weighted by Gasteiger charge is 1.92. The second-order valence-corrected chi connectivity index (χ2v) is 1.83. The van der Waals surface area contributed by atoms with Crippen LogP contribution in [0.4, 0.5) is 0 Å². The third-order valence-corrected chi connectivity index (χ3v) is 1.03. The van der Waals surface area contributed by atoms with Crippen molar-refractivity contribution in [3.63, 3.8) is 0 Å². The summed E-state index contributed by atoms with van der Waals surface area (Å²) in [5, 5.41) is 2.59. The van der Waals surface area contributed by atoms with Crippen molar-refractivity contribution >= 4 is 17.5 Å². The van der Waals surface area contributed by atoms with Crippen LogP contribution in [0.2, 0.25) is 0 Å². The molecule has 0 aromatic heterocycles. The molecule has 0 rings (SSSR count). The molecule has 0 heterocycles. The number of carbonyl (C=O) groups is 1. The number of amides is 1. The van der Waals surface area contributed by atoms with Gasteiger partial charge < -0.3 is 5.32 Å². The minimum Gasteiger partial charge on any atom is -0.355 e. The molecule has 0 aliphatic rings. The normalized spacial score (nSPS) is 8.56. The van der Waals surface area contributed by atoms with Gasteiger partial charge in [-0.2, -0.15) is 0 Å². The van der Waals surface area contributed by atoms with Gasteiger partial charge in [-0.05, 0) is 6.42 Å². The van der Waals surface area contributed by atoms with Gasteiger partial charge >= 0.3 is 0 Å². The summed E-state index contributed by atoms with van der Waals surface area (Å²) in [5.74, 6) is -0.0875. The Morgan fingerprint density at radius 3 is 2.89 bits per heavy atom. The average molecular weight is 148 g/mol. The third kappa shape index (κ3) is 5.37. The van der Waals surface area contributed by atoms with E-state index in [1.165, 1.54) is 0 Å². The average Bonchev–Trinajstić information content (AvgIpc) is 1.89. The van der Waals surface area contributed by atoms with Crippen LogP contribution in [0.5, 0.6) is 0 Å². The van der Waals surface area contributed by atoms with Gasteiger partial charge in [-0.1, -0.05) is 6.08 Å². The Bertz CT molecular complexity index is 103. The molecule has 3 heteroatoms. The van der Waals surface area contributed by atoms with Crippen LogP contribution >= 0.6 is 11.6 Å². The van der Waals surface area contributed by atoms with Crippen molar-refractivity contribution < 1.29 is 4.79 Å². The van der Waals surface area contributed by atoms with Gasteiger partial charge in [-0.15, -0.1) is 18.2 Å². The molecule has 0 radical (unpaired) electrons. The molecule has 0 fully saturated rings. The molecule has 0 aromatic rings. The van der Waals surface area contributed by atoms with Gasteiger partial charge in [0, 0.05) is 6.54 Å². The quantitative estimate of drug-likeness (QED) is 0.358. The summed E-state index contributed by atoms with van der Waals surface area (Å²) in [6.07, 6.45) is 2.54. The maximum atomic E-state index is 10.4. The van der Waals surface area contributed by atoms with Crippen LogP contribution in [0, 0.1) is 0 Å². The lowest BCUT2D eigenvalue weighted by atomic mass is 10.4. The molecule has 2 nitrogen and oxygen atoms in total. The molecular weight excluding hydrogens is 138 g/mol. The summed E-state index contributed by atoms with van der Waals surface area (Å²) in [4.78, 5) is 10.4. The zero-order valence-electron chi connectivity index (χ0n) is 5.19. The van der Waals surface area contributed by atoms with Gasteiger partial charge in [-0.25, -0.2) is 0 Å². The summed E-state index contributed by atoms with van der Waals surface area (Å²) in [5.41, 5.74) is 0. The molecule has 0 aliphatic carbocycles. The Kier molecular flexibility index (Phi) is 5.32. The molecule has 0 bridgehead atoms. The Hall–Kier alpha value is -0.500. The fraction of sp³-hybridized carbons (Fsp3) is 0.500. The van der Waals surface area contributed by atoms with Crippen molar-refractivity contribution in [3.05, 3.63) is 12.7 Å². The van der Waals surface area contributed by atoms with Crippen LogP contribution in [0.3, 0.4) is 0 Å². The molecular formula is C6H10ClNO. The number of hydrogen-bond donors (Lipinski definition) is 1. The van der Waals surface area contributed by atoms with Crippen LogP contribution in [0.15, 0.2) is 12.7 Å². The number of carbonyl (C=O) groups excluding carboxylic acids is 1. The van der Waals surface area contributed by atoms with E-state index in [2.05, 4.69) is 11.9 Å². The first kappa shape index (κ1) is 8.50. The van der Waals surface area contributed by atoms with Gasteiger partial charge in [0.1, 0.15) is 5.88 Å². The van der Waals surface area contributed by atoms with Crippen molar-refractivity contribution in [1.82, 2.24) is 5.32 Å². The minimum absolute atomic E-state index is 0.0388. The summed E-state index contributed by atoms with van der Waals surface area (Å²) in [6, 6.07) is 0. The topological polar surface area (TPSA) is 29.1 Å². The lowest BCUT2D eigenvalue weighted by molar-refractivity contribution is -0.118. The maximum Gasteiger partial charge on any atom is 0.234 e. The van der Waals surface area contributed by atoms with Gasteiger partial charge in [0.05, 0.1) is 0 Å². The number of alkyl halides is 1. The van der Waals surface area contributed by atoms with E-state index in [1.54, 1.807) is 6.08 Å². The molecule has 1 amide bonds. The van der Waals surface area contributed by atoms with Crippen molar-refractivity contribution in [2.75, 3.05) is 12.4 Å². The van der Waals surface area contributed by atoms with Gasteiger partial charge in [-0.3, -0.25) is 4.79 Å². The molecule has 0 unspecified atom stereocenters. The van der Waals surface area contributed by atoms with Crippen LogP contribution in [-0.4, -0.2) is 18.3 Å². The second kappa shape index (κ2) is 5.63. The molecule has 0 spiro atoms. The van der Waals surface area contributed by atoms with E-state index < -0.39 is 0 Å². The zero-order chi connectivity index (χ0) is 7.11. The molecule has 0 aliphatic heterocycles. The Labute approximate surface area is 59.9 Å². The first-order valence-corrected chi connectivity index (χ1v) is 3.28. The van der Waals surface area contributed by atoms with Crippen LogP contribution in [-0.2, 0) is 4.79 Å². The van der Waals surface area contributed by atoms with Crippen LogP contribution in [0.25, 0.3) is 0 Å². The van der Waals surface area contributed by atoms with E-state index in [4.69, 9.17) is 11.6 Å². The van der Waals surface area contributed by atoms with E-state index in [-0.39, 0.29) is 11.8 Å². The van der Waals surface area contributed by atoms with E-state index in [0.29, 0.717) is 6.54 Å². The van der Waals surface area contributed by atoms with Gasteiger partial charge in [0.25, 0.3) is 0 Å². The highest BCUT2D eigenvalue weighted by Crippen LogP contribution is 1.77. The smallest absolute Gasteiger partial charge is 0.234 e. The fourth-order valence-electron chi connectivity index (χ4n) is 0.361. The Balaban J connectivity index is 3.06. The molecule has 0 saturated heterocycles. The number of halogens is 1. The van der Waals surface area contributed by atoms with Crippen molar-refractivity contribution in [3.8, 4) is 0 Å². The molecule has 52 valence electrons. The van der Waals surface area contributed by atoms with Crippen LogP contribution in [0.1, 0.15) is 6.42 Å². The van der Waals surface area contributed by atoms with Crippen molar-refractivity contribution in [1.29, 1.82) is 0 Å². The summed E-state index contributed by atoms with van der Waals surface area (Å²) < 4.78 is 0. The summed E-state index contributed by atoms with van der Waals surface area (Å²) in [6.45, 7) is 4.13. The maximum absolute atomic E-state index is 10.4. The van der Waals surface area contributed by atoms with Crippen molar-refractivity contribution in [2.45, 2.75) is 6.42 Å². The van der Waals surface area contributed by atoms with Crippen LogP contribution < -0.4 is 5.32 Å². The van der Waals surface area contributed by atoms with E-state index in [1.807, 2.05) is 0 Å². The monoisotopic (exact) mass is 147 g/mol. The first-order chi connectivity index (χ1) is 4.31. The predicted molar refractivity (Wildman–Crippen MR) is 38.5 cm³/mol. The lowest BCUT2D eigenvalue weighted by Crippen LogP contribution is -2.24. The molecule has 0 atom stereocenters. The molecule has 1 N–H and O–H groups in total. The minimum atomic E-state index is -0.126. The largest absolute Gasteiger partial charge is 0.355 e. The van der Waals surface area contributed by atoms with E-state index >= 15 is 0 Å². The third-order valence-electron chi connectivity index (χ3n) is 0.792. The molecule has 0 aromatic carbocycles. The highest BCUT2D eigenvalue weighted by atomic mass is 35.5. The molecule has 9 heavy (non-hydrogen) atoms. The zero-order valence-corrected chi connectivity index (χ0v) is 5.95. The summed E-state index contributed by atoms with van der Waals surface area (Å²) >= 11 is 5.19. The number of hydrogen-bond acceptors (Lipinski definition) is 1. The number of nitrogens with one attached hydrogen (secondary N) is 1. The Morgan fingerprint density at radius 1 is 1.78 bits per heavy atom. The molecule has 0 saturated carbocycles. The lowest BCUT2D eigenvalue weighted by Gasteiger charge is -1.96. The van der Waals surface area contributed by atoms with E-state index in [0.717, 1.165) is 6.42 Å². The SMILES string of the molecule is C=CCCNC(=O)CCl. The van der Waals surface area contributed by atoms with Gasteiger partial charge in [0.15, 0.2) is 0 Å².